The molecule has 2 aromatic rings. The van der Waals surface area contributed by atoms with Crippen molar-refractivity contribution in [2.75, 3.05) is 0 Å². The summed E-state index contributed by atoms with van der Waals surface area (Å²) in [6.07, 6.45) is 0.0524. The standard InChI is InChI=1S/C13H11Cl2FN2O/c1-7(2)19-9-5-3-4-8(6-9)13-17-11(14)10(16)12(15)18-13/h3-7H,1-2H3. The van der Waals surface area contributed by atoms with Crippen LogP contribution < -0.4 is 4.74 Å². The first-order chi connectivity index (χ1) is 8.97. The van der Waals surface area contributed by atoms with Crippen LogP contribution in [0.25, 0.3) is 11.4 Å². The van der Waals surface area contributed by atoms with Gasteiger partial charge < -0.3 is 4.74 Å². The molecule has 0 amide bonds. The van der Waals surface area contributed by atoms with E-state index in [0.717, 1.165) is 0 Å². The normalized spacial score (nSPS) is 10.8. The smallest absolute Gasteiger partial charge is 0.197 e. The highest BCUT2D eigenvalue weighted by Crippen LogP contribution is 2.26. The molecule has 1 aromatic carbocycles. The molecule has 0 atom stereocenters. The summed E-state index contributed by atoms with van der Waals surface area (Å²) in [7, 11) is 0. The Hall–Kier alpha value is -1.39. The lowest BCUT2D eigenvalue weighted by atomic mass is 10.2. The SMILES string of the molecule is CC(C)Oc1cccc(-c2nc(Cl)c(F)c(Cl)n2)c1. The van der Waals surface area contributed by atoms with E-state index in [1.165, 1.54) is 0 Å². The Morgan fingerprint density at radius 2 is 1.79 bits per heavy atom. The molecule has 1 aromatic heterocycles. The van der Waals surface area contributed by atoms with E-state index in [1.807, 2.05) is 19.9 Å². The summed E-state index contributed by atoms with van der Waals surface area (Å²) in [5, 5.41) is -0.602. The molecule has 0 spiro atoms. The van der Waals surface area contributed by atoms with Crippen LogP contribution in [0.2, 0.25) is 10.3 Å². The molecule has 0 saturated carbocycles. The lowest BCUT2D eigenvalue weighted by Crippen LogP contribution is -2.05. The molecule has 2 rings (SSSR count). The van der Waals surface area contributed by atoms with Crippen molar-refractivity contribution in [1.29, 1.82) is 0 Å². The second-order valence-electron chi connectivity index (χ2n) is 4.14. The van der Waals surface area contributed by atoms with Gasteiger partial charge in [0, 0.05) is 5.56 Å². The summed E-state index contributed by atoms with van der Waals surface area (Å²) >= 11 is 11.3. The molecule has 19 heavy (non-hydrogen) atoms. The third kappa shape index (κ3) is 3.33. The van der Waals surface area contributed by atoms with Crippen LogP contribution in [-0.2, 0) is 0 Å². The number of hydrogen-bond donors (Lipinski definition) is 0. The number of halogens is 3. The maximum Gasteiger partial charge on any atom is 0.197 e. The first kappa shape index (κ1) is 14.0. The Labute approximate surface area is 120 Å². The van der Waals surface area contributed by atoms with Crippen LogP contribution in [0.1, 0.15) is 13.8 Å². The molecule has 0 aliphatic rings. The molecule has 0 saturated heterocycles. The predicted octanol–water partition coefficient (Wildman–Crippen LogP) is 4.38. The third-order valence-corrected chi connectivity index (χ3v) is 2.74. The number of ether oxygens (including phenoxy) is 1. The fourth-order valence-electron chi connectivity index (χ4n) is 1.50. The average molecular weight is 301 g/mol. The van der Waals surface area contributed by atoms with E-state index in [9.17, 15) is 4.39 Å². The van der Waals surface area contributed by atoms with Gasteiger partial charge in [0.2, 0.25) is 0 Å². The molecular weight excluding hydrogens is 290 g/mol. The van der Waals surface area contributed by atoms with E-state index in [1.54, 1.807) is 18.2 Å². The number of rotatable bonds is 3. The minimum absolute atomic E-state index is 0.0524. The summed E-state index contributed by atoms with van der Waals surface area (Å²) in [5.74, 6) is 0.111. The Morgan fingerprint density at radius 1 is 1.16 bits per heavy atom. The molecule has 100 valence electrons. The highest BCUT2D eigenvalue weighted by Gasteiger charge is 2.12. The van der Waals surface area contributed by atoms with Crippen LogP contribution >= 0.6 is 23.2 Å². The molecule has 6 heteroatoms. The van der Waals surface area contributed by atoms with Crippen LogP contribution in [0, 0.1) is 5.82 Å². The van der Waals surface area contributed by atoms with E-state index < -0.39 is 5.82 Å². The molecule has 0 aliphatic heterocycles. The molecule has 0 unspecified atom stereocenters. The summed E-state index contributed by atoms with van der Waals surface area (Å²) in [6, 6.07) is 7.13. The highest BCUT2D eigenvalue weighted by molar-refractivity contribution is 6.33. The van der Waals surface area contributed by atoms with Crippen molar-refractivity contribution in [1.82, 2.24) is 9.97 Å². The Morgan fingerprint density at radius 3 is 2.37 bits per heavy atom. The summed E-state index contributed by atoms with van der Waals surface area (Å²) in [4.78, 5) is 7.73. The average Bonchev–Trinajstić information content (AvgIpc) is 2.35. The van der Waals surface area contributed by atoms with Crippen molar-refractivity contribution in [2.45, 2.75) is 20.0 Å². The van der Waals surface area contributed by atoms with Crippen LogP contribution in [0.4, 0.5) is 4.39 Å². The molecular formula is C13H11Cl2FN2O. The van der Waals surface area contributed by atoms with Crippen molar-refractivity contribution in [3.63, 3.8) is 0 Å². The summed E-state index contributed by atoms with van der Waals surface area (Å²) < 4.78 is 18.8. The Balaban J connectivity index is 2.41. The number of hydrogen-bond acceptors (Lipinski definition) is 3. The van der Waals surface area contributed by atoms with Gasteiger partial charge in [-0.2, -0.15) is 0 Å². The molecule has 0 fully saturated rings. The van der Waals surface area contributed by atoms with Crippen molar-refractivity contribution in [3.8, 4) is 17.1 Å². The zero-order valence-electron chi connectivity index (χ0n) is 10.3. The topological polar surface area (TPSA) is 35.0 Å². The molecule has 0 N–H and O–H groups in total. The van der Waals surface area contributed by atoms with Crippen molar-refractivity contribution >= 4 is 23.2 Å². The van der Waals surface area contributed by atoms with E-state index in [2.05, 4.69) is 9.97 Å². The van der Waals surface area contributed by atoms with Crippen LogP contribution in [0.5, 0.6) is 5.75 Å². The summed E-state index contributed by atoms with van der Waals surface area (Å²) in [5.41, 5.74) is 0.655. The van der Waals surface area contributed by atoms with Gasteiger partial charge in [0.05, 0.1) is 6.10 Å². The molecule has 0 radical (unpaired) electrons. The number of nitrogens with zero attached hydrogens (tertiary/aromatic N) is 2. The number of benzene rings is 1. The minimum atomic E-state index is -0.818. The molecule has 0 bridgehead atoms. The molecule has 1 heterocycles. The van der Waals surface area contributed by atoms with Gasteiger partial charge in [-0.3, -0.25) is 0 Å². The zero-order chi connectivity index (χ0) is 14.0. The Bertz CT molecular complexity index is 582. The van der Waals surface area contributed by atoms with E-state index >= 15 is 0 Å². The van der Waals surface area contributed by atoms with Crippen LogP contribution in [0.15, 0.2) is 24.3 Å². The maximum absolute atomic E-state index is 13.3. The van der Waals surface area contributed by atoms with Gasteiger partial charge in [0.1, 0.15) is 5.75 Å². The van der Waals surface area contributed by atoms with E-state index in [4.69, 9.17) is 27.9 Å². The first-order valence-corrected chi connectivity index (χ1v) is 6.38. The van der Waals surface area contributed by atoms with Gasteiger partial charge in [0.25, 0.3) is 0 Å². The quantitative estimate of drug-likeness (QED) is 0.789. The van der Waals surface area contributed by atoms with Gasteiger partial charge in [-0.05, 0) is 26.0 Å². The van der Waals surface area contributed by atoms with E-state index in [0.29, 0.717) is 11.3 Å². The second kappa shape index (κ2) is 5.72. The fourth-order valence-corrected chi connectivity index (χ4v) is 1.89. The summed E-state index contributed by atoms with van der Waals surface area (Å²) in [6.45, 7) is 3.85. The van der Waals surface area contributed by atoms with Gasteiger partial charge in [0.15, 0.2) is 21.9 Å². The van der Waals surface area contributed by atoms with Crippen LogP contribution in [-0.4, -0.2) is 16.1 Å². The maximum atomic E-state index is 13.3. The molecule has 3 nitrogen and oxygen atoms in total. The van der Waals surface area contributed by atoms with Crippen LogP contribution in [0.3, 0.4) is 0 Å². The largest absolute Gasteiger partial charge is 0.491 e. The second-order valence-corrected chi connectivity index (χ2v) is 4.85. The third-order valence-electron chi connectivity index (χ3n) is 2.23. The predicted molar refractivity (Wildman–Crippen MR) is 73.2 cm³/mol. The van der Waals surface area contributed by atoms with Crippen molar-refractivity contribution in [2.24, 2.45) is 0 Å². The van der Waals surface area contributed by atoms with Gasteiger partial charge in [-0.25, -0.2) is 14.4 Å². The van der Waals surface area contributed by atoms with Gasteiger partial charge in [-0.15, -0.1) is 0 Å². The first-order valence-electron chi connectivity index (χ1n) is 5.63. The zero-order valence-corrected chi connectivity index (χ0v) is 11.8. The van der Waals surface area contributed by atoms with Crippen molar-refractivity contribution < 1.29 is 9.13 Å². The van der Waals surface area contributed by atoms with Crippen molar-refractivity contribution in [3.05, 3.63) is 40.4 Å². The van der Waals surface area contributed by atoms with Gasteiger partial charge >= 0.3 is 0 Å². The fraction of sp³-hybridized carbons (Fsp3) is 0.231. The van der Waals surface area contributed by atoms with Gasteiger partial charge in [-0.1, -0.05) is 35.3 Å². The molecule has 0 aliphatic carbocycles. The monoisotopic (exact) mass is 300 g/mol. The minimum Gasteiger partial charge on any atom is -0.491 e. The lowest BCUT2D eigenvalue weighted by Gasteiger charge is -2.10. The Kier molecular flexibility index (Phi) is 4.22. The van der Waals surface area contributed by atoms with E-state index in [-0.39, 0.29) is 22.2 Å². The lowest BCUT2D eigenvalue weighted by molar-refractivity contribution is 0.242. The number of aromatic nitrogens is 2. The highest BCUT2D eigenvalue weighted by atomic mass is 35.5.